The summed E-state index contributed by atoms with van der Waals surface area (Å²) >= 11 is 18.8. The van der Waals surface area contributed by atoms with Gasteiger partial charge in [-0.2, -0.15) is 0 Å². The summed E-state index contributed by atoms with van der Waals surface area (Å²) in [7, 11) is -4.19. The van der Waals surface area contributed by atoms with E-state index in [0.717, 1.165) is 9.87 Å². The maximum absolute atomic E-state index is 14.0. The van der Waals surface area contributed by atoms with Crippen LogP contribution in [0, 0.1) is 6.92 Å². The number of halogens is 3. The van der Waals surface area contributed by atoms with Gasteiger partial charge >= 0.3 is 0 Å². The van der Waals surface area contributed by atoms with Gasteiger partial charge < -0.3 is 10.2 Å². The Balaban J connectivity index is 2.09. The van der Waals surface area contributed by atoms with E-state index in [2.05, 4.69) is 5.32 Å². The van der Waals surface area contributed by atoms with Crippen LogP contribution in [0.3, 0.4) is 0 Å². The number of benzene rings is 3. The number of hydrogen-bond acceptors (Lipinski definition) is 4. The van der Waals surface area contributed by atoms with Crippen LogP contribution >= 0.6 is 34.8 Å². The Kier molecular flexibility index (Phi) is 10.7. The third-order valence-electron chi connectivity index (χ3n) is 6.13. The van der Waals surface area contributed by atoms with Gasteiger partial charge in [-0.1, -0.05) is 65.5 Å². The quantitative estimate of drug-likeness (QED) is 0.285. The highest BCUT2D eigenvalue weighted by molar-refractivity contribution is 7.92. The topological polar surface area (TPSA) is 86.8 Å². The Morgan fingerprint density at radius 1 is 0.897 bits per heavy atom. The molecule has 0 saturated heterocycles. The lowest BCUT2D eigenvalue weighted by Crippen LogP contribution is -2.52. The van der Waals surface area contributed by atoms with Gasteiger partial charge in [-0.05, 0) is 68.8 Å². The third kappa shape index (κ3) is 7.45. The molecule has 11 heteroatoms. The molecule has 0 radical (unpaired) electrons. The van der Waals surface area contributed by atoms with Gasteiger partial charge in [0.1, 0.15) is 12.6 Å². The van der Waals surface area contributed by atoms with Crippen molar-refractivity contribution in [1.82, 2.24) is 10.2 Å². The highest BCUT2D eigenvalue weighted by Gasteiger charge is 2.34. The molecular weight excluding hydrogens is 581 g/mol. The summed E-state index contributed by atoms with van der Waals surface area (Å²) in [5, 5.41) is 3.79. The second-order valence-corrected chi connectivity index (χ2v) is 12.0. The van der Waals surface area contributed by atoms with E-state index in [9.17, 15) is 18.0 Å². The number of likely N-dealkylation sites (N-methyl/N-ethyl adjacent to an activating group) is 1. The predicted octanol–water partition coefficient (Wildman–Crippen LogP) is 6.09. The summed E-state index contributed by atoms with van der Waals surface area (Å²) in [4.78, 5) is 28.3. The molecule has 3 aromatic rings. The lowest BCUT2D eigenvalue weighted by atomic mass is 10.1. The highest BCUT2D eigenvalue weighted by atomic mass is 35.5. The molecule has 1 N–H and O–H groups in total. The number of rotatable bonds is 11. The standard InChI is InChI=1S/C28H30Cl3N3O4S/c1-4-26(28(36)32-5-2)33(17-23-24(30)7-6-8-25(23)31)27(35)18-34(21-13-9-19(3)10-14-21)39(37,38)22-15-11-20(29)12-16-22/h6-16,26H,4-5,17-18H2,1-3H3,(H,32,36)/t26-/m0/s1. The normalized spacial score (nSPS) is 12.1. The minimum atomic E-state index is -4.19. The molecule has 0 aromatic heterocycles. The van der Waals surface area contributed by atoms with Crippen molar-refractivity contribution in [2.45, 2.75) is 44.7 Å². The monoisotopic (exact) mass is 609 g/mol. The summed E-state index contributed by atoms with van der Waals surface area (Å²) in [5.74, 6) is -0.957. The molecule has 0 aliphatic carbocycles. The first-order valence-corrected chi connectivity index (χ1v) is 14.9. The lowest BCUT2D eigenvalue weighted by molar-refractivity contribution is -0.140. The van der Waals surface area contributed by atoms with Crippen LogP contribution in [0.2, 0.25) is 15.1 Å². The SMILES string of the molecule is CCNC(=O)[C@H](CC)N(Cc1c(Cl)cccc1Cl)C(=O)CN(c1ccc(C)cc1)S(=O)(=O)c1ccc(Cl)cc1. The van der Waals surface area contributed by atoms with Gasteiger partial charge in [0.15, 0.2) is 0 Å². The van der Waals surface area contributed by atoms with Crippen LogP contribution in [0.25, 0.3) is 0 Å². The van der Waals surface area contributed by atoms with E-state index in [1.165, 1.54) is 29.2 Å². The zero-order chi connectivity index (χ0) is 28.7. The molecule has 0 fully saturated rings. The van der Waals surface area contributed by atoms with E-state index in [0.29, 0.717) is 32.9 Å². The molecule has 39 heavy (non-hydrogen) atoms. The van der Waals surface area contributed by atoms with Crippen LogP contribution in [0.5, 0.6) is 0 Å². The van der Waals surface area contributed by atoms with Gasteiger partial charge in [0.2, 0.25) is 11.8 Å². The van der Waals surface area contributed by atoms with Gasteiger partial charge in [-0.25, -0.2) is 8.42 Å². The zero-order valence-corrected chi connectivity index (χ0v) is 24.9. The van der Waals surface area contributed by atoms with E-state index < -0.39 is 28.5 Å². The summed E-state index contributed by atoms with van der Waals surface area (Å²) in [5.41, 5.74) is 1.68. The van der Waals surface area contributed by atoms with Crippen molar-refractivity contribution < 1.29 is 18.0 Å². The fraction of sp³-hybridized carbons (Fsp3) is 0.286. The second-order valence-electron chi connectivity index (χ2n) is 8.84. The summed E-state index contributed by atoms with van der Waals surface area (Å²) in [6, 6.07) is 16.6. The van der Waals surface area contributed by atoms with Gasteiger partial charge in [0, 0.05) is 33.7 Å². The van der Waals surface area contributed by atoms with Crippen molar-refractivity contribution in [3.05, 3.63) is 92.9 Å². The van der Waals surface area contributed by atoms with Crippen LogP contribution in [-0.4, -0.2) is 44.3 Å². The molecule has 0 bridgehead atoms. The predicted molar refractivity (Wildman–Crippen MR) is 157 cm³/mol. The average molecular weight is 611 g/mol. The number of aryl methyl sites for hydroxylation is 1. The highest BCUT2D eigenvalue weighted by Crippen LogP contribution is 2.29. The van der Waals surface area contributed by atoms with Crippen LogP contribution in [0.4, 0.5) is 5.69 Å². The fourth-order valence-corrected chi connectivity index (χ4v) is 6.10. The number of sulfonamides is 1. The molecule has 3 rings (SSSR count). The van der Waals surface area contributed by atoms with E-state index in [-0.39, 0.29) is 23.8 Å². The number of nitrogens with one attached hydrogen (secondary N) is 1. The third-order valence-corrected chi connectivity index (χ3v) is 8.88. The Labute approximate surface area is 244 Å². The zero-order valence-electron chi connectivity index (χ0n) is 21.8. The summed E-state index contributed by atoms with van der Waals surface area (Å²) in [6.45, 7) is 5.14. The van der Waals surface area contributed by atoms with Crippen molar-refractivity contribution in [3.8, 4) is 0 Å². The molecular formula is C28H30Cl3N3O4S. The molecule has 208 valence electrons. The molecule has 0 heterocycles. The molecule has 0 spiro atoms. The number of amides is 2. The van der Waals surface area contributed by atoms with Gasteiger partial charge in [0.25, 0.3) is 10.0 Å². The summed E-state index contributed by atoms with van der Waals surface area (Å²) < 4.78 is 28.7. The number of carbonyl (C=O) groups is 2. The fourth-order valence-electron chi connectivity index (χ4n) is 4.04. The smallest absolute Gasteiger partial charge is 0.264 e. The van der Waals surface area contributed by atoms with Crippen molar-refractivity contribution in [3.63, 3.8) is 0 Å². The van der Waals surface area contributed by atoms with E-state index in [1.54, 1.807) is 56.3 Å². The first-order chi connectivity index (χ1) is 18.5. The summed E-state index contributed by atoms with van der Waals surface area (Å²) in [6.07, 6.45) is 0.286. The Bertz CT molecular complexity index is 1390. The number of carbonyl (C=O) groups excluding carboxylic acids is 2. The van der Waals surface area contributed by atoms with Crippen molar-refractivity contribution in [2.75, 3.05) is 17.4 Å². The Hall–Kier alpha value is -2.78. The largest absolute Gasteiger partial charge is 0.355 e. The molecule has 3 aromatic carbocycles. The Morgan fingerprint density at radius 3 is 2.03 bits per heavy atom. The van der Waals surface area contributed by atoms with Crippen LogP contribution in [0.1, 0.15) is 31.4 Å². The van der Waals surface area contributed by atoms with Gasteiger partial charge in [0.05, 0.1) is 10.6 Å². The molecule has 0 unspecified atom stereocenters. The maximum Gasteiger partial charge on any atom is 0.264 e. The molecule has 1 atom stereocenters. The molecule has 0 saturated carbocycles. The first kappa shape index (κ1) is 30.8. The van der Waals surface area contributed by atoms with Crippen LogP contribution < -0.4 is 9.62 Å². The maximum atomic E-state index is 14.0. The Morgan fingerprint density at radius 2 is 1.49 bits per heavy atom. The van der Waals surface area contributed by atoms with Crippen molar-refractivity contribution in [1.29, 1.82) is 0 Å². The van der Waals surface area contributed by atoms with Gasteiger partial charge in [-0.3, -0.25) is 13.9 Å². The van der Waals surface area contributed by atoms with Crippen molar-refractivity contribution in [2.24, 2.45) is 0 Å². The van der Waals surface area contributed by atoms with Crippen LogP contribution in [-0.2, 0) is 26.2 Å². The minimum Gasteiger partial charge on any atom is -0.355 e. The molecule has 2 amide bonds. The number of hydrogen-bond donors (Lipinski definition) is 1. The van der Waals surface area contributed by atoms with E-state index in [4.69, 9.17) is 34.8 Å². The van der Waals surface area contributed by atoms with Gasteiger partial charge in [-0.15, -0.1) is 0 Å². The minimum absolute atomic E-state index is 0.0308. The van der Waals surface area contributed by atoms with E-state index in [1.807, 2.05) is 6.92 Å². The lowest BCUT2D eigenvalue weighted by Gasteiger charge is -2.33. The first-order valence-electron chi connectivity index (χ1n) is 12.3. The molecule has 7 nitrogen and oxygen atoms in total. The second kappa shape index (κ2) is 13.5. The number of nitrogens with zero attached hydrogens (tertiary/aromatic N) is 2. The molecule has 0 aliphatic heterocycles. The van der Waals surface area contributed by atoms with E-state index >= 15 is 0 Å². The van der Waals surface area contributed by atoms with Crippen molar-refractivity contribution >= 4 is 62.3 Å². The average Bonchev–Trinajstić information content (AvgIpc) is 2.89. The van der Waals surface area contributed by atoms with Crippen LogP contribution in [0.15, 0.2) is 71.6 Å². The number of anilines is 1. The molecule has 0 aliphatic rings.